The maximum Gasteiger partial charge on any atom is 0.254 e. The molecule has 0 spiro atoms. The molecule has 0 aliphatic carbocycles. The zero-order valence-corrected chi connectivity index (χ0v) is 12.6. The van der Waals surface area contributed by atoms with E-state index in [4.69, 9.17) is 4.74 Å². The van der Waals surface area contributed by atoms with Gasteiger partial charge in [0.25, 0.3) is 5.78 Å². The Hall–Kier alpha value is -1.69. The van der Waals surface area contributed by atoms with Gasteiger partial charge in [0, 0.05) is 24.2 Å². The van der Waals surface area contributed by atoms with Gasteiger partial charge in [-0.05, 0) is 13.0 Å². The van der Waals surface area contributed by atoms with Gasteiger partial charge in [-0.15, -0.1) is 5.10 Å². The van der Waals surface area contributed by atoms with E-state index in [1.807, 2.05) is 11.4 Å². The third-order valence-corrected chi connectivity index (χ3v) is 3.49. The van der Waals surface area contributed by atoms with E-state index in [1.54, 1.807) is 0 Å². The fraction of sp³-hybridized carbons (Fsp3) is 0.643. The van der Waals surface area contributed by atoms with Crippen molar-refractivity contribution in [3.63, 3.8) is 0 Å². The molecule has 1 fully saturated rings. The monoisotopic (exact) mass is 275 g/mol. The lowest BCUT2D eigenvalue weighted by Gasteiger charge is -2.25. The van der Waals surface area contributed by atoms with E-state index in [1.165, 1.54) is 0 Å². The Bertz CT molecular complexity index is 622. The van der Waals surface area contributed by atoms with Crippen molar-refractivity contribution in [3.05, 3.63) is 17.5 Å². The number of nitrogens with zero attached hydrogens (tertiary/aromatic N) is 5. The lowest BCUT2D eigenvalue weighted by atomic mass is 9.91. The van der Waals surface area contributed by atoms with Crippen molar-refractivity contribution in [2.75, 3.05) is 31.2 Å². The van der Waals surface area contributed by atoms with E-state index >= 15 is 0 Å². The quantitative estimate of drug-likeness (QED) is 0.790. The number of ether oxygens (including phenoxy) is 1. The molecule has 20 heavy (non-hydrogen) atoms. The third kappa shape index (κ3) is 2.35. The Kier molecular flexibility index (Phi) is 3.12. The molecule has 1 saturated heterocycles. The Morgan fingerprint density at radius 1 is 1.15 bits per heavy atom. The fourth-order valence-electron chi connectivity index (χ4n) is 2.41. The second-order valence-corrected chi connectivity index (χ2v) is 6.26. The van der Waals surface area contributed by atoms with Gasteiger partial charge in [0.15, 0.2) is 0 Å². The molecule has 0 N–H and O–H groups in total. The summed E-state index contributed by atoms with van der Waals surface area (Å²) in [5.74, 6) is 1.42. The zero-order valence-electron chi connectivity index (χ0n) is 12.6. The van der Waals surface area contributed by atoms with Crippen molar-refractivity contribution >= 4 is 11.7 Å². The Morgan fingerprint density at radius 3 is 2.50 bits per heavy atom. The predicted octanol–water partition coefficient (Wildman–Crippen LogP) is 1.57. The molecule has 6 nitrogen and oxygen atoms in total. The van der Waals surface area contributed by atoms with Crippen LogP contribution in [0.4, 0.5) is 5.95 Å². The van der Waals surface area contributed by atoms with Gasteiger partial charge >= 0.3 is 0 Å². The number of morpholine rings is 1. The maximum atomic E-state index is 5.37. The van der Waals surface area contributed by atoms with Gasteiger partial charge in [0.2, 0.25) is 5.95 Å². The van der Waals surface area contributed by atoms with Crippen LogP contribution in [-0.4, -0.2) is 45.9 Å². The summed E-state index contributed by atoms with van der Waals surface area (Å²) in [6.07, 6.45) is 0. The minimum atomic E-state index is 0.00191. The van der Waals surface area contributed by atoms with Crippen LogP contribution >= 0.6 is 0 Å². The molecule has 0 atom stereocenters. The first kappa shape index (κ1) is 13.3. The van der Waals surface area contributed by atoms with Crippen LogP contribution in [0.2, 0.25) is 0 Å². The fourth-order valence-corrected chi connectivity index (χ4v) is 2.41. The first-order valence-electron chi connectivity index (χ1n) is 7.03. The van der Waals surface area contributed by atoms with E-state index < -0.39 is 0 Å². The molecular weight excluding hydrogens is 254 g/mol. The molecule has 1 aliphatic rings. The van der Waals surface area contributed by atoms with Crippen molar-refractivity contribution in [1.29, 1.82) is 0 Å². The molecule has 1 aliphatic heterocycles. The summed E-state index contributed by atoms with van der Waals surface area (Å²) in [6, 6.07) is 2.09. The standard InChI is InChI=1S/C14H21N5O/c1-10-9-11(14(2,3)4)19-12(15-10)16-13(17-19)18-5-7-20-8-6-18/h9H,5-8H2,1-4H3. The number of aromatic nitrogens is 4. The van der Waals surface area contributed by atoms with Crippen LogP contribution in [0, 0.1) is 6.92 Å². The molecule has 0 unspecified atom stereocenters. The van der Waals surface area contributed by atoms with Crippen LogP contribution in [0.1, 0.15) is 32.2 Å². The Labute approximate surface area is 118 Å². The highest BCUT2D eigenvalue weighted by molar-refractivity contribution is 5.42. The Morgan fingerprint density at radius 2 is 1.85 bits per heavy atom. The molecule has 2 aromatic rings. The van der Waals surface area contributed by atoms with E-state index in [-0.39, 0.29) is 5.41 Å². The summed E-state index contributed by atoms with van der Waals surface area (Å²) < 4.78 is 7.25. The number of rotatable bonds is 1. The lowest BCUT2D eigenvalue weighted by Crippen LogP contribution is -2.37. The van der Waals surface area contributed by atoms with Crippen molar-refractivity contribution < 1.29 is 4.74 Å². The SMILES string of the molecule is Cc1cc(C(C)(C)C)n2nc(N3CCOCC3)nc2n1. The number of fused-ring (bicyclic) bond motifs is 1. The van der Waals surface area contributed by atoms with Crippen LogP contribution < -0.4 is 4.90 Å². The van der Waals surface area contributed by atoms with Crippen molar-refractivity contribution in [3.8, 4) is 0 Å². The minimum absolute atomic E-state index is 0.00191. The smallest absolute Gasteiger partial charge is 0.254 e. The lowest BCUT2D eigenvalue weighted by molar-refractivity contribution is 0.122. The summed E-state index contributed by atoms with van der Waals surface area (Å²) in [5, 5.41) is 4.66. The molecule has 2 aromatic heterocycles. The van der Waals surface area contributed by atoms with Gasteiger partial charge in [0.1, 0.15) is 0 Å². The third-order valence-electron chi connectivity index (χ3n) is 3.49. The highest BCUT2D eigenvalue weighted by Crippen LogP contribution is 2.24. The molecule has 0 saturated carbocycles. The summed E-state index contributed by atoms with van der Waals surface area (Å²) >= 11 is 0. The summed E-state index contributed by atoms with van der Waals surface area (Å²) in [4.78, 5) is 11.2. The van der Waals surface area contributed by atoms with Gasteiger partial charge in [-0.25, -0.2) is 4.98 Å². The minimum Gasteiger partial charge on any atom is -0.378 e. The molecule has 0 amide bonds. The number of anilines is 1. The van der Waals surface area contributed by atoms with Gasteiger partial charge in [-0.3, -0.25) is 0 Å². The van der Waals surface area contributed by atoms with Gasteiger partial charge in [-0.1, -0.05) is 20.8 Å². The number of hydrogen-bond donors (Lipinski definition) is 0. The topological polar surface area (TPSA) is 55.5 Å². The average Bonchev–Trinajstić information content (AvgIpc) is 2.81. The maximum absolute atomic E-state index is 5.37. The van der Waals surface area contributed by atoms with Crippen molar-refractivity contribution in [2.24, 2.45) is 0 Å². The summed E-state index contributed by atoms with van der Waals surface area (Å²) in [7, 11) is 0. The molecule has 6 heteroatoms. The van der Waals surface area contributed by atoms with E-state index in [9.17, 15) is 0 Å². The van der Waals surface area contributed by atoms with Crippen molar-refractivity contribution in [1.82, 2.24) is 19.6 Å². The van der Waals surface area contributed by atoms with E-state index in [0.717, 1.165) is 43.6 Å². The molecule has 0 aromatic carbocycles. The summed E-state index contributed by atoms with van der Waals surface area (Å²) in [6.45, 7) is 11.7. The second kappa shape index (κ2) is 4.70. The molecular formula is C14H21N5O. The van der Waals surface area contributed by atoms with Crippen LogP contribution in [0.15, 0.2) is 6.07 Å². The first-order chi connectivity index (χ1) is 9.45. The Balaban J connectivity index is 2.10. The van der Waals surface area contributed by atoms with Crippen LogP contribution in [0.5, 0.6) is 0 Å². The first-order valence-corrected chi connectivity index (χ1v) is 7.03. The van der Waals surface area contributed by atoms with Gasteiger partial charge in [0.05, 0.1) is 18.9 Å². The van der Waals surface area contributed by atoms with Crippen molar-refractivity contribution in [2.45, 2.75) is 33.1 Å². The molecule has 3 heterocycles. The summed E-state index contributed by atoms with van der Waals surface area (Å²) in [5.41, 5.74) is 2.11. The van der Waals surface area contributed by atoms with Gasteiger partial charge in [-0.2, -0.15) is 9.50 Å². The highest BCUT2D eigenvalue weighted by atomic mass is 16.5. The van der Waals surface area contributed by atoms with E-state index in [2.05, 4.69) is 46.8 Å². The van der Waals surface area contributed by atoms with Crippen LogP contribution in [-0.2, 0) is 10.2 Å². The predicted molar refractivity (Wildman–Crippen MR) is 77.3 cm³/mol. The largest absolute Gasteiger partial charge is 0.378 e. The van der Waals surface area contributed by atoms with E-state index in [0.29, 0.717) is 5.78 Å². The average molecular weight is 275 g/mol. The molecule has 108 valence electrons. The molecule has 0 bridgehead atoms. The number of hydrogen-bond acceptors (Lipinski definition) is 5. The normalized spacial score (nSPS) is 16.9. The number of aryl methyl sites for hydroxylation is 1. The van der Waals surface area contributed by atoms with Crippen LogP contribution in [0.25, 0.3) is 5.78 Å². The molecule has 0 radical (unpaired) electrons. The zero-order chi connectivity index (χ0) is 14.3. The van der Waals surface area contributed by atoms with Crippen LogP contribution in [0.3, 0.4) is 0 Å². The second-order valence-electron chi connectivity index (χ2n) is 6.26. The highest BCUT2D eigenvalue weighted by Gasteiger charge is 2.22. The van der Waals surface area contributed by atoms with Gasteiger partial charge < -0.3 is 9.64 Å². The molecule has 3 rings (SSSR count).